The van der Waals surface area contributed by atoms with Crippen LogP contribution in [0, 0.1) is 0 Å². The van der Waals surface area contributed by atoms with Gasteiger partial charge in [0.25, 0.3) is 0 Å². The van der Waals surface area contributed by atoms with Gasteiger partial charge in [-0.05, 0) is 55.2 Å². The van der Waals surface area contributed by atoms with E-state index in [-0.39, 0.29) is 43.8 Å². The van der Waals surface area contributed by atoms with Crippen LogP contribution in [-0.2, 0) is 32.6 Å². The molecule has 1 N–H and O–H groups in total. The van der Waals surface area contributed by atoms with Gasteiger partial charge < -0.3 is 15.0 Å². The predicted molar refractivity (Wildman–Crippen MR) is 173 cm³/mol. The fourth-order valence-corrected chi connectivity index (χ4v) is 6.02. The van der Waals surface area contributed by atoms with Crippen LogP contribution >= 0.6 is 23.2 Å². The van der Waals surface area contributed by atoms with E-state index in [0.717, 1.165) is 18.2 Å². The highest BCUT2D eigenvalue weighted by Gasteiger charge is 2.31. The van der Waals surface area contributed by atoms with Crippen molar-refractivity contribution in [3.8, 4) is 5.75 Å². The van der Waals surface area contributed by atoms with Crippen molar-refractivity contribution in [2.24, 2.45) is 0 Å². The zero-order chi connectivity index (χ0) is 31.6. The summed E-state index contributed by atoms with van der Waals surface area (Å²) in [6.45, 7) is 4.03. The Kier molecular flexibility index (Phi) is 12.7. The van der Waals surface area contributed by atoms with Crippen molar-refractivity contribution in [3.63, 3.8) is 0 Å². The molecule has 11 heteroatoms. The fraction of sp³-hybridized carbons (Fsp3) is 0.375. The Morgan fingerprint density at radius 1 is 1.00 bits per heavy atom. The van der Waals surface area contributed by atoms with Crippen LogP contribution in [0.4, 0.5) is 5.69 Å². The maximum absolute atomic E-state index is 14.0. The van der Waals surface area contributed by atoms with Gasteiger partial charge in [-0.2, -0.15) is 0 Å². The summed E-state index contributed by atoms with van der Waals surface area (Å²) in [7, 11) is -2.14. The number of hydrogen-bond acceptors (Lipinski definition) is 5. The first-order valence-electron chi connectivity index (χ1n) is 14.1. The van der Waals surface area contributed by atoms with E-state index in [2.05, 4.69) is 5.32 Å². The number of nitrogens with one attached hydrogen (secondary N) is 1. The first-order chi connectivity index (χ1) is 20.4. The number of methoxy groups -OCH3 is 1. The molecule has 0 aromatic heterocycles. The van der Waals surface area contributed by atoms with Crippen LogP contribution in [0.25, 0.3) is 0 Å². The summed E-state index contributed by atoms with van der Waals surface area (Å²) in [5.74, 6) is -0.0551. The topological polar surface area (TPSA) is 96.0 Å². The van der Waals surface area contributed by atoms with E-state index in [4.69, 9.17) is 27.9 Å². The van der Waals surface area contributed by atoms with Crippen molar-refractivity contribution in [2.45, 2.75) is 58.2 Å². The Labute approximate surface area is 265 Å². The summed E-state index contributed by atoms with van der Waals surface area (Å²) in [6.07, 6.45) is 2.37. The lowest BCUT2D eigenvalue weighted by Crippen LogP contribution is -2.52. The molecule has 0 saturated carbocycles. The van der Waals surface area contributed by atoms with Gasteiger partial charge in [-0.3, -0.25) is 13.9 Å². The smallest absolute Gasteiger partial charge is 0.243 e. The second kappa shape index (κ2) is 16.0. The summed E-state index contributed by atoms with van der Waals surface area (Å²) in [6, 6.07) is 20.4. The number of halogens is 2. The van der Waals surface area contributed by atoms with E-state index in [1.807, 2.05) is 44.2 Å². The third-order valence-corrected chi connectivity index (χ3v) is 8.90. The fourth-order valence-electron chi connectivity index (χ4n) is 4.60. The largest absolute Gasteiger partial charge is 0.497 e. The number of benzene rings is 3. The maximum atomic E-state index is 14.0. The van der Waals surface area contributed by atoms with Crippen LogP contribution in [0.5, 0.6) is 5.75 Å². The number of carbonyl (C=O) groups excluding carboxylic acids is 2. The third-order valence-electron chi connectivity index (χ3n) is 7.12. The molecule has 0 unspecified atom stereocenters. The standard InChI is InChI=1S/C32H39Cl2N3O5S/c1-5-23(2)35-32(39)30(19-24-11-7-6-8-12-24)36(22-25-16-17-26(33)20-29(25)34)31(38)15-10-18-37(43(4,40)41)27-13-9-14-28(21-27)42-3/h6-9,11-14,16-17,20-21,23,30H,5,10,15,18-19,22H2,1-4H3,(H,35,39)/t23-,30-/m1/s1. The zero-order valence-electron chi connectivity index (χ0n) is 24.9. The summed E-state index contributed by atoms with van der Waals surface area (Å²) in [5, 5.41) is 3.88. The minimum atomic E-state index is -3.65. The van der Waals surface area contributed by atoms with Gasteiger partial charge in [-0.1, -0.05) is 72.6 Å². The van der Waals surface area contributed by atoms with Gasteiger partial charge in [0.1, 0.15) is 11.8 Å². The first kappa shape index (κ1) is 34.2. The molecule has 3 aromatic carbocycles. The summed E-state index contributed by atoms with van der Waals surface area (Å²) >= 11 is 12.6. The van der Waals surface area contributed by atoms with Crippen molar-refractivity contribution in [3.05, 3.63) is 94.0 Å². The first-order valence-corrected chi connectivity index (χ1v) is 16.7. The second-order valence-corrected chi connectivity index (χ2v) is 13.2. The molecule has 0 fully saturated rings. The Morgan fingerprint density at radius 2 is 1.72 bits per heavy atom. The molecule has 0 heterocycles. The van der Waals surface area contributed by atoms with E-state index in [0.29, 0.717) is 33.5 Å². The summed E-state index contributed by atoms with van der Waals surface area (Å²) in [5.41, 5.74) is 1.98. The van der Waals surface area contributed by atoms with Gasteiger partial charge in [-0.25, -0.2) is 8.42 Å². The van der Waals surface area contributed by atoms with Crippen molar-refractivity contribution in [1.29, 1.82) is 0 Å². The van der Waals surface area contributed by atoms with E-state index < -0.39 is 16.1 Å². The van der Waals surface area contributed by atoms with E-state index >= 15 is 0 Å². The van der Waals surface area contributed by atoms with Crippen LogP contribution in [0.1, 0.15) is 44.2 Å². The van der Waals surface area contributed by atoms with Gasteiger partial charge in [0, 0.05) is 48.1 Å². The summed E-state index contributed by atoms with van der Waals surface area (Å²) < 4.78 is 31.9. The Hall–Kier alpha value is -3.27. The lowest BCUT2D eigenvalue weighted by Gasteiger charge is -2.33. The molecular weight excluding hydrogens is 609 g/mol. The minimum Gasteiger partial charge on any atom is -0.497 e. The molecule has 8 nitrogen and oxygen atoms in total. The zero-order valence-corrected chi connectivity index (χ0v) is 27.3. The number of ether oxygens (including phenoxy) is 1. The molecule has 0 bridgehead atoms. The quantitative estimate of drug-likeness (QED) is 0.215. The molecule has 232 valence electrons. The lowest BCUT2D eigenvalue weighted by atomic mass is 10.0. The van der Waals surface area contributed by atoms with Gasteiger partial charge in [0.2, 0.25) is 21.8 Å². The molecule has 2 atom stereocenters. The molecule has 0 radical (unpaired) electrons. The van der Waals surface area contributed by atoms with Gasteiger partial charge >= 0.3 is 0 Å². The number of nitrogens with zero attached hydrogens (tertiary/aromatic N) is 2. The van der Waals surface area contributed by atoms with Gasteiger partial charge in [-0.15, -0.1) is 0 Å². The molecule has 0 aliphatic heterocycles. The van der Waals surface area contributed by atoms with Crippen molar-refractivity contribution < 1.29 is 22.7 Å². The normalized spacial score (nSPS) is 12.7. The summed E-state index contributed by atoms with van der Waals surface area (Å²) in [4.78, 5) is 29.2. The monoisotopic (exact) mass is 647 g/mol. The molecule has 0 aliphatic rings. The molecule has 2 amide bonds. The number of amides is 2. The van der Waals surface area contributed by atoms with Crippen molar-refractivity contribution >= 4 is 50.7 Å². The second-order valence-electron chi connectivity index (χ2n) is 10.4. The number of sulfonamides is 1. The van der Waals surface area contributed by atoms with Crippen LogP contribution in [0.15, 0.2) is 72.8 Å². The highest BCUT2D eigenvalue weighted by Crippen LogP contribution is 2.26. The maximum Gasteiger partial charge on any atom is 0.243 e. The minimum absolute atomic E-state index is 0.00307. The van der Waals surface area contributed by atoms with Gasteiger partial charge in [0.05, 0.1) is 19.1 Å². The molecule has 3 rings (SSSR count). The van der Waals surface area contributed by atoms with Crippen LogP contribution < -0.4 is 14.4 Å². The molecule has 0 aliphatic carbocycles. The molecule has 3 aromatic rings. The average Bonchev–Trinajstić information content (AvgIpc) is 2.97. The average molecular weight is 649 g/mol. The third kappa shape index (κ3) is 10.2. The molecular formula is C32H39Cl2N3O5S. The van der Waals surface area contributed by atoms with E-state index in [1.165, 1.54) is 16.3 Å². The molecule has 0 spiro atoms. The predicted octanol–water partition coefficient (Wildman–Crippen LogP) is 6.10. The Balaban J connectivity index is 1.92. The van der Waals surface area contributed by atoms with E-state index in [1.54, 1.807) is 42.5 Å². The molecule has 43 heavy (non-hydrogen) atoms. The highest BCUT2D eigenvalue weighted by molar-refractivity contribution is 7.92. The van der Waals surface area contributed by atoms with Gasteiger partial charge in [0.15, 0.2) is 0 Å². The lowest BCUT2D eigenvalue weighted by molar-refractivity contribution is -0.141. The highest BCUT2D eigenvalue weighted by atomic mass is 35.5. The van der Waals surface area contributed by atoms with Crippen LogP contribution in [0.2, 0.25) is 10.0 Å². The number of carbonyl (C=O) groups is 2. The van der Waals surface area contributed by atoms with Crippen LogP contribution in [-0.4, -0.2) is 57.1 Å². The van der Waals surface area contributed by atoms with Crippen molar-refractivity contribution in [2.75, 3.05) is 24.2 Å². The van der Waals surface area contributed by atoms with Crippen molar-refractivity contribution in [1.82, 2.24) is 10.2 Å². The Bertz CT molecular complexity index is 1490. The van der Waals surface area contributed by atoms with E-state index in [9.17, 15) is 18.0 Å². The number of hydrogen-bond donors (Lipinski definition) is 1. The molecule has 0 saturated heterocycles. The number of anilines is 1. The Morgan fingerprint density at radius 3 is 2.35 bits per heavy atom. The van der Waals surface area contributed by atoms with Crippen LogP contribution in [0.3, 0.4) is 0 Å². The number of rotatable bonds is 15. The SMILES string of the molecule is CC[C@@H](C)NC(=O)[C@@H](Cc1ccccc1)N(Cc1ccc(Cl)cc1Cl)C(=O)CCCN(c1cccc(OC)c1)S(C)(=O)=O.